The molecular weight excluding hydrogens is 256 g/mol. The summed E-state index contributed by atoms with van der Waals surface area (Å²) in [4.78, 5) is 5.56. The van der Waals surface area contributed by atoms with Crippen molar-refractivity contribution in [2.45, 2.75) is 64.0 Å². The van der Waals surface area contributed by atoms with Crippen LogP contribution in [0.1, 0.15) is 50.8 Å². The molecule has 19 heavy (non-hydrogen) atoms. The fourth-order valence-electron chi connectivity index (χ4n) is 3.27. The van der Waals surface area contributed by atoms with Gasteiger partial charge in [0.1, 0.15) is 0 Å². The molecule has 1 unspecified atom stereocenters. The Morgan fingerprint density at radius 1 is 1.37 bits per heavy atom. The van der Waals surface area contributed by atoms with Crippen LogP contribution in [0.25, 0.3) is 0 Å². The van der Waals surface area contributed by atoms with Gasteiger partial charge in [0.05, 0.1) is 11.1 Å². The molecule has 1 aromatic rings. The summed E-state index contributed by atoms with van der Waals surface area (Å²) in [6.45, 7) is 6.11. The first kappa shape index (κ1) is 14.9. The van der Waals surface area contributed by atoms with Crippen LogP contribution < -0.4 is 5.32 Å². The molecule has 1 aromatic heterocycles. The zero-order chi connectivity index (χ0) is 13.6. The van der Waals surface area contributed by atoms with Crippen molar-refractivity contribution in [1.29, 1.82) is 0 Å². The summed E-state index contributed by atoms with van der Waals surface area (Å²) in [5.74, 6) is 0. The standard InChI is InChI=1S/C15H26N2OS/c1-3-17-14(10-13-11-16-12-19-13)15(18-4-2)8-6-5-7-9-15/h11-12,14,17H,3-10H2,1-2H3. The van der Waals surface area contributed by atoms with E-state index < -0.39 is 0 Å². The summed E-state index contributed by atoms with van der Waals surface area (Å²) < 4.78 is 6.26. The molecule has 1 atom stereocenters. The predicted octanol–water partition coefficient (Wildman–Crippen LogP) is 3.40. The van der Waals surface area contributed by atoms with Gasteiger partial charge in [0.25, 0.3) is 0 Å². The minimum Gasteiger partial charge on any atom is -0.374 e. The van der Waals surface area contributed by atoms with E-state index in [9.17, 15) is 0 Å². The van der Waals surface area contributed by atoms with Gasteiger partial charge in [-0.1, -0.05) is 26.2 Å². The van der Waals surface area contributed by atoms with Crippen molar-refractivity contribution >= 4 is 11.3 Å². The van der Waals surface area contributed by atoms with Crippen molar-refractivity contribution in [1.82, 2.24) is 10.3 Å². The molecule has 0 aliphatic heterocycles. The molecule has 3 nitrogen and oxygen atoms in total. The van der Waals surface area contributed by atoms with Crippen LogP contribution >= 0.6 is 11.3 Å². The average molecular weight is 282 g/mol. The fourth-order valence-corrected chi connectivity index (χ4v) is 3.91. The largest absolute Gasteiger partial charge is 0.374 e. The van der Waals surface area contributed by atoms with E-state index in [0.29, 0.717) is 6.04 Å². The number of nitrogens with one attached hydrogen (secondary N) is 1. The summed E-state index contributed by atoms with van der Waals surface area (Å²) in [6, 6.07) is 0.415. The van der Waals surface area contributed by atoms with Crippen molar-refractivity contribution in [3.63, 3.8) is 0 Å². The molecule has 1 saturated carbocycles. The van der Waals surface area contributed by atoms with E-state index in [2.05, 4.69) is 24.1 Å². The second-order valence-electron chi connectivity index (χ2n) is 5.34. The maximum absolute atomic E-state index is 6.26. The molecule has 4 heteroatoms. The van der Waals surface area contributed by atoms with Crippen molar-refractivity contribution < 1.29 is 4.74 Å². The number of rotatable bonds is 7. The van der Waals surface area contributed by atoms with Gasteiger partial charge in [0.15, 0.2) is 0 Å². The zero-order valence-electron chi connectivity index (χ0n) is 12.2. The van der Waals surface area contributed by atoms with Crippen molar-refractivity contribution in [3.05, 3.63) is 16.6 Å². The van der Waals surface area contributed by atoms with Gasteiger partial charge in [-0.25, -0.2) is 0 Å². The van der Waals surface area contributed by atoms with Crippen molar-refractivity contribution in [2.24, 2.45) is 0 Å². The maximum Gasteiger partial charge on any atom is 0.0838 e. The molecule has 1 aliphatic rings. The summed E-state index contributed by atoms with van der Waals surface area (Å²) in [5.41, 5.74) is 1.96. The van der Waals surface area contributed by atoms with E-state index in [1.54, 1.807) is 11.3 Å². The third-order valence-electron chi connectivity index (χ3n) is 4.11. The highest BCUT2D eigenvalue weighted by Gasteiger charge is 2.40. The second kappa shape index (κ2) is 7.36. The lowest BCUT2D eigenvalue weighted by Gasteiger charge is -2.43. The highest BCUT2D eigenvalue weighted by Crippen LogP contribution is 2.36. The summed E-state index contributed by atoms with van der Waals surface area (Å²) >= 11 is 1.75. The van der Waals surface area contributed by atoms with E-state index in [4.69, 9.17) is 4.74 Å². The Balaban J connectivity index is 2.12. The van der Waals surface area contributed by atoms with Crippen molar-refractivity contribution in [2.75, 3.05) is 13.2 Å². The molecule has 1 fully saturated rings. The molecule has 0 saturated heterocycles. The van der Waals surface area contributed by atoms with E-state index >= 15 is 0 Å². The minimum absolute atomic E-state index is 0.0347. The van der Waals surface area contributed by atoms with E-state index in [1.165, 1.54) is 37.0 Å². The topological polar surface area (TPSA) is 34.2 Å². The first-order valence-corrected chi connectivity index (χ1v) is 8.43. The lowest BCUT2D eigenvalue weighted by atomic mass is 9.77. The predicted molar refractivity (Wildman–Crippen MR) is 80.7 cm³/mol. The van der Waals surface area contributed by atoms with Gasteiger partial charge in [0, 0.05) is 30.1 Å². The maximum atomic E-state index is 6.26. The van der Waals surface area contributed by atoms with Gasteiger partial charge in [-0.2, -0.15) is 0 Å². The number of hydrogen-bond donors (Lipinski definition) is 1. The Bertz CT molecular complexity index is 342. The number of hydrogen-bond acceptors (Lipinski definition) is 4. The molecule has 0 amide bonds. The van der Waals surface area contributed by atoms with Gasteiger partial charge < -0.3 is 10.1 Å². The van der Waals surface area contributed by atoms with Crippen LogP contribution in [0.15, 0.2) is 11.7 Å². The number of nitrogens with zero attached hydrogens (tertiary/aromatic N) is 1. The number of aromatic nitrogens is 1. The molecule has 0 bridgehead atoms. The number of thiazole rings is 1. The Morgan fingerprint density at radius 3 is 2.74 bits per heavy atom. The first-order valence-electron chi connectivity index (χ1n) is 7.55. The van der Waals surface area contributed by atoms with Gasteiger partial charge >= 0.3 is 0 Å². The first-order chi connectivity index (χ1) is 9.30. The number of ether oxygens (including phenoxy) is 1. The third-order valence-corrected chi connectivity index (χ3v) is 4.91. The Kier molecular flexibility index (Phi) is 5.79. The minimum atomic E-state index is 0.0347. The van der Waals surface area contributed by atoms with Crippen LogP contribution in [0.2, 0.25) is 0 Å². The van der Waals surface area contributed by atoms with Crippen LogP contribution in [-0.2, 0) is 11.2 Å². The van der Waals surface area contributed by atoms with Crippen LogP contribution in [0, 0.1) is 0 Å². The second-order valence-corrected chi connectivity index (χ2v) is 6.31. The molecule has 2 rings (SSSR count). The van der Waals surface area contributed by atoms with Crippen LogP contribution in [0.4, 0.5) is 0 Å². The van der Waals surface area contributed by atoms with Gasteiger partial charge in [-0.15, -0.1) is 11.3 Å². The van der Waals surface area contributed by atoms with Crippen molar-refractivity contribution in [3.8, 4) is 0 Å². The Morgan fingerprint density at radius 2 is 2.16 bits per heavy atom. The fraction of sp³-hybridized carbons (Fsp3) is 0.800. The molecule has 0 radical (unpaired) electrons. The van der Waals surface area contributed by atoms with E-state index in [0.717, 1.165) is 19.6 Å². The quantitative estimate of drug-likeness (QED) is 0.832. The zero-order valence-corrected chi connectivity index (χ0v) is 13.0. The van der Waals surface area contributed by atoms with E-state index in [-0.39, 0.29) is 5.60 Å². The van der Waals surface area contributed by atoms with Gasteiger partial charge in [0.2, 0.25) is 0 Å². The van der Waals surface area contributed by atoms with Crippen LogP contribution in [0.3, 0.4) is 0 Å². The molecule has 1 heterocycles. The lowest BCUT2D eigenvalue weighted by Crippen LogP contribution is -2.54. The van der Waals surface area contributed by atoms with E-state index in [1.807, 2.05) is 11.7 Å². The molecule has 1 N–H and O–H groups in total. The molecule has 1 aliphatic carbocycles. The molecule has 0 spiro atoms. The highest BCUT2D eigenvalue weighted by molar-refractivity contribution is 7.09. The van der Waals surface area contributed by atoms with Gasteiger partial charge in [-0.05, 0) is 26.3 Å². The average Bonchev–Trinajstić information content (AvgIpc) is 2.93. The summed E-state index contributed by atoms with van der Waals surface area (Å²) in [5, 5.41) is 3.67. The molecule has 108 valence electrons. The monoisotopic (exact) mass is 282 g/mol. The molecule has 0 aromatic carbocycles. The number of likely N-dealkylation sites (N-methyl/N-ethyl adjacent to an activating group) is 1. The van der Waals surface area contributed by atoms with Crippen LogP contribution in [0.5, 0.6) is 0 Å². The third kappa shape index (κ3) is 3.77. The normalized spacial score (nSPS) is 20.3. The lowest BCUT2D eigenvalue weighted by molar-refractivity contribution is -0.0893. The Hall–Kier alpha value is -0.450. The smallest absolute Gasteiger partial charge is 0.0838 e. The summed E-state index contributed by atoms with van der Waals surface area (Å²) in [6.07, 6.45) is 9.37. The summed E-state index contributed by atoms with van der Waals surface area (Å²) in [7, 11) is 0. The van der Waals surface area contributed by atoms with Gasteiger partial charge in [-0.3, -0.25) is 4.98 Å². The molecular formula is C15H26N2OS. The van der Waals surface area contributed by atoms with Crippen LogP contribution in [-0.4, -0.2) is 29.8 Å². The highest BCUT2D eigenvalue weighted by atomic mass is 32.1. The Labute approximate surface area is 120 Å². The SMILES string of the molecule is CCNC(Cc1cncs1)C1(OCC)CCCCC1.